The van der Waals surface area contributed by atoms with E-state index in [2.05, 4.69) is 16.0 Å². The standard InChI is InChI=1S/C23H15N3O/c27-21-10-11-24-23-19(21)13-18(22(26-23)15-6-2-1-3-7-15)17-12-16-8-4-5-9-20(16)25-14-17/h1-14H,(H,24,26,27). The molecule has 3 heterocycles. The fraction of sp³-hybridized carbons (Fsp3) is 0. The summed E-state index contributed by atoms with van der Waals surface area (Å²) in [6.45, 7) is 0. The minimum absolute atomic E-state index is 0.0501. The number of aromatic amines is 1. The van der Waals surface area contributed by atoms with Gasteiger partial charge in [0.1, 0.15) is 5.65 Å². The van der Waals surface area contributed by atoms with E-state index in [1.54, 1.807) is 6.20 Å². The average Bonchev–Trinajstić information content (AvgIpc) is 2.73. The van der Waals surface area contributed by atoms with Gasteiger partial charge in [0.15, 0.2) is 5.43 Å². The second kappa shape index (κ2) is 6.18. The molecule has 0 saturated carbocycles. The molecule has 128 valence electrons. The van der Waals surface area contributed by atoms with Crippen LogP contribution in [0.1, 0.15) is 0 Å². The van der Waals surface area contributed by atoms with E-state index in [4.69, 9.17) is 4.98 Å². The molecule has 0 spiro atoms. The van der Waals surface area contributed by atoms with Crippen molar-refractivity contribution < 1.29 is 0 Å². The number of H-pyrrole nitrogens is 1. The van der Waals surface area contributed by atoms with Crippen molar-refractivity contribution in [2.45, 2.75) is 0 Å². The van der Waals surface area contributed by atoms with E-state index in [-0.39, 0.29) is 5.43 Å². The van der Waals surface area contributed by atoms with Crippen molar-refractivity contribution in [3.63, 3.8) is 0 Å². The summed E-state index contributed by atoms with van der Waals surface area (Å²) in [5, 5.41) is 1.62. The third kappa shape index (κ3) is 2.68. The number of aromatic nitrogens is 3. The van der Waals surface area contributed by atoms with Crippen LogP contribution in [-0.2, 0) is 0 Å². The van der Waals surface area contributed by atoms with Gasteiger partial charge in [-0.2, -0.15) is 0 Å². The normalized spacial score (nSPS) is 11.1. The zero-order valence-electron chi connectivity index (χ0n) is 14.4. The molecule has 0 unspecified atom stereocenters. The number of hydrogen-bond donors (Lipinski definition) is 1. The van der Waals surface area contributed by atoms with Crippen LogP contribution in [0.3, 0.4) is 0 Å². The molecule has 3 aromatic heterocycles. The molecule has 0 aliphatic carbocycles. The van der Waals surface area contributed by atoms with Crippen LogP contribution in [0, 0.1) is 0 Å². The number of para-hydroxylation sites is 1. The molecular formula is C23H15N3O. The Labute approximate surface area is 155 Å². The zero-order chi connectivity index (χ0) is 18.2. The largest absolute Gasteiger partial charge is 0.346 e. The molecule has 0 aliphatic rings. The van der Waals surface area contributed by atoms with Crippen LogP contribution in [0.15, 0.2) is 90.0 Å². The van der Waals surface area contributed by atoms with Gasteiger partial charge in [-0.25, -0.2) is 4.98 Å². The number of benzene rings is 2. The van der Waals surface area contributed by atoms with Crippen molar-refractivity contribution in [3.05, 3.63) is 95.4 Å². The number of rotatable bonds is 2. The number of nitrogens with zero attached hydrogens (tertiary/aromatic N) is 2. The first kappa shape index (κ1) is 15.5. The second-order valence-corrected chi connectivity index (χ2v) is 6.41. The van der Waals surface area contributed by atoms with Crippen LogP contribution in [0.5, 0.6) is 0 Å². The lowest BCUT2D eigenvalue weighted by Gasteiger charge is -2.11. The highest BCUT2D eigenvalue weighted by molar-refractivity contribution is 5.92. The Morgan fingerprint density at radius 2 is 1.63 bits per heavy atom. The van der Waals surface area contributed by atoms with Gasteiger partial charge in [-0.05, 0) is 18.2 Å². The van der Waals surface area contributed by atoms with Gasteiger partial charge in [-0.3, -0.25) is 9.78 Å². The molecule has 5 rings (SSSR count). The molecule has 0 radical (unpaired) electrons. The first-order chi connectivity index (χ1) is 13.3. The van der Waals surface area contributed by atoms with Gasteiger partial charge in [0.05, 0.1) is 16.6 Å². The third-order valence-corrected chi connectivity index (χ3v) is 4.69. The first-order valence-electron chi connectivity index (χ1n) is 8.73. The van der Waals surface area contributed by atoms with Crippen LogP contribution >= 0.6 is 0 Å². The van der Waals surface area contributed by atoms with E-state index in [1.165, 1.54) is 6.07 Å². The molecule has 0 amide bonds. The first-order valence-corrected chi connectivity index (χ1v) is 8.73. The summed E-state index contributed by atoms with van der Waals surface area (Å²) in [6.07, 6.45) is 3.47. The van der Waals surface area contributed by atoms with Gasteiger partial charge in [-0.15, -0.1) is 0 Å². The van der Waals surface area contributed by atoms with Gasteiger partial charge in [-0.1, -0.05) is 48.5 Å². The number of fused-ring (bicyclic) bond motifs is 2. The predicted molar refractivity (Wildman–Crippen MR) is 109 cm³/mol. The van der Waals surface area contributed by atoms with Crippen molar-refractivity contribution >= 4 is 21.9 Å². The summed E-state index contributed by atoms with van der Waals surface area (Å²) in [4.78, 5) is 24.8. The Morgan fingerprint density at radius 1 is 0.815 bits per heavy atom. The van der Waals surface area contributed by atoms with Crippen LogP contribution in [0.2, 0.25) is 0 Å². The van der Waals surface area contributed by atoms with Crippen molar-refractivity contribution in [1.82, 2.24) is 15.0 Å². The molecular weight excluding hydrogens is 334 g/mol. The highest BCUT2D eigenvalue weighted by atomic mass is 16.1. The molecule has 4 heteroatoms. The minimum Gasteiger partial charge on any atom is -0.346 e. The fourth-order valence-corrected chi connectivity index (χ4v) is 3.35. The Balaban J connectivity index is 1.85. The maximum atomic E-state index is 12.3. The summed E-state index contributed by atoms with van der Waals surface area (Å²) in [5.41, 5.74) is 5.11. The Kier molecular flexibility index (Phi) is 3.54. The summed E-state index contributed by atoms with van der Waals surface area (Å²) in [5.74, 6) is 0. The third-order valence-electron chi connectivity index (χ3n) is 4.69. The van der Waals surface area contributed by atoms with Crippen LogP contribution in [0.4, 0.5) is 0 Å². The molecule has 27 heavy (non-hydrogen) atoms. The molecule has 0 atom stereocenters. The summed E-state index contributed by atoms with van der Waals surface area (Å²) >= 11 is 0. The van der Waals surface area contributed by atoms with E-state index in [0.29, 0.717) is 11.0 Å². The van der Waals surface area contributed by atoms with Gasteiger partial charge >= 0.3 is 0 Å². The summed E-state index contributed by atoms with van der Waals surface area (Å²) in [6, 6.07) is 23.5. The maximum Gasteiger partial charge on any atom is 0.191 e. The van der Waals surface area contributed by atoms with E-state index >= 15 is 0 Å². The lowest BCUT2D eigenvalue weighted by molar-refractivity contribution is 1.27. The molecule has 0 saturated heterocycles. The smallest absolute Gasteiger partial charge is 0.191 e. The van der Waals surface area contributed by atoms with Crippen LogP contribution in [-0.4, -0.2) is 15.0 Å². The lowest BCUT2D eigenvalue weighted by atomic mass is 9.98. The Hall–Kier alpha value is -3.79. The SMILES string of the molecule is O=c1cc[nH]c2nc(-c3ccccc3)c(-c3cnc4ccccc4c3)cc12. The average molecular weight is 349 g/mol. The molecule has 4 nitrogen and oxygen atoms in total. The van der Waals surface area contributed by atoms with E-state index in [9.17, 15) is 4.79 Å². The monoisotopic (exact) mass is 349 g/mol. The predicted octanol–water partition coefficient (Wildman–Crippen LogP) is 4.81. The van der Waals surface area contributed by atoms with Gasteiger partial charge < -0.3 is 4.98 Å². The number of pyridine rings is 3. The molecule has 1 N–H and O–H groups in total. The molecule has 0 aliphatic heterocycles. The maximum absolute atomic E-state index is 12.3. The number of hydrogen-bond acceptors (Lipinski definition) is 3. The van der Waals surface area contributed by atoms with Crippen LogP contribution < -0.4 is 5.43 Å². The topological polar surface area (TPSA) is 58.6 Å². The van der Waals surface area contributed by atoms with Gasteiger partial charge in [0.2, 0.25) is 0 Å². The fourth-order valence-electron chi connectivity index (χ4n) is 3.35. The molecule has 2 aromatic carbocycles. The molecule has 5 aromatic rings. The summed E-state index contributed by atoms with van der Waals surface area (Å²) < 4.78 is 0. The lowest BCUT2D eigenvalue weighted by Crippen LogP contribution is -2.03. The van der Waals surface area contributed by atoms with Crippen molar-refractivity contribution in [1.29, 1.82) is 0 Å². The van der Waals surface area contributed by atoms with Crippen molar-refractivity contribution in [2.75, 3.05) is 0 Å². The van der Waals surface area contributed by atoms with E-state index < -0.39 is 0 Å². The Bertz CT molecular complexity index is 1340. The van der Waals surface area contributed by atoms with Gasteiger partial charge in [0, 0.05) is 40.5 Å². The van der Waals surface area contributed by atoms with Crippen molar-refractivity contribution in [3.8, 4) is 22.4 Å². The van der Waals surface area contributed by atoms with Crippen LogP contribution in [0.25, 0.3) is 44.3 Å². The minimum atomic E-state index is -0.0501. The number of nitrogens with one attached hydrogen (secondary N) is 1. The second-order valence-electron chi connectivity index (χ2n) is 6.41. The Morgan fingerprint density at radius 3 is 2.52 bits per heavy atom. The van der Waals surface area contributed by atoms with E-state index in [0.717, 1.165) is 33.3 Å². The molecule has 0 fully saturated rings. The highest BCUT2D eigenvalue weighted by Crippen LogP contribution is 2.33. The quantitative estimate of drug-likeness (QED) is 0.498. The molecule has 0 bridgehead atoms. The highest BCUT2D eigenvalue weighted by Gasteiger charge is 2.13. The van der Waals surface area contributed by atoms with E-state index in [1.807, 2.05) is 66.9 Å². The van der Waals surface area contributed by atoms with Crippen molar-refractivity contribution in [2.24, 2.45) is 0 Å². The van der Waals surface area contributed by atoms with Gasteiger partial charge in [0.25, 0.3) is 0 Å². The summed E-state index contributed by atoms with van der Waals surface area (Å²) in [7, 11) is 0. The zero-order valence-corrected chi connectivity index (χ0v) is 14.4.